The average molecular weight is 265 g/mol. The smallest absolute Gasteiger partial charge is 0.421 e. The van der Waals surface area contributed by atoms with Crippen molar-refractivity contribution in [3.63, 3.8) is 0 Å². The van der Waals surface area contributed by atoms with Gasteiger partial charge in [-0.05, 0) is 18.8 Å². The highest BCUT2D eigenvalue weighted by atomic mass is 32.2. The molecule has 0 aromatic heterocycles. The van der Waals surface area contributed by atoms with Crippen LogP contribution in [0.3, 0.4) is 0 Å². The summed E-state index contributed by atoms with van der Waals surface area (Å²) in [5.74, 6) is 0.245. The molecule has 0 spiro atoms. The lowest BCUT2D eigenvalue weighted by Crippen LogP contribution is -2.50. The fourth-order valence-corrected chi connectivity index (χ4v) is 3.13. The number of ether oxygens (including phenoxy) is 1. The maximum absolute atomic E-state index is 11.5. The molecule has 0 radical (unpaired) electrons. The number of hydrogen-bond donors (Lipinski definition) is 3. The van der Waals surface area contributed by atoms with Gasteiger partial charge in [0.1, 0.15) is 0 Å². The van der Waals surface area contributed by atoms with E-state index in [4.69, 9.17) is 5.73 Å². The minimum Gasteiger partial charge on any atom is -0.452 e. The number of carbonyl (C=O) groups excluding carboxylic acids is 1. The molecule has 0 heterocycles. The standard InChI is InChI=1S/C9H19N3O4S/c1-16-9(13)12-17(14,15)11-8(6-10)7-4-2-3-5-7/h7-8,11H,2-6,10H2,1H3,(H,12,13). The molecular weight excluding hydrogens is 246 g/mol. The van der Waals surface area contributed by atoms with Gasteiger partial charge in [0.15, 0.2) is 0 Å². The Morgan fingerprint density at radius 2 is 2.06 bits per heavy atom. The Kier molecular flexibility index (Phi) is 5.16. The fourth-order valence-electron chi connectivity index (χ4n) is 2.08. The van der Waals surface area contributed by atoms with Gasteiger partial charge in [0.05, 0.1) is 7.11 Å². The van der Waals surface area contributed by atoms with Crippen molar-refractivity contribution in [3.05, 3.63) is 0 Å². The number of nitrogens with two attached hydrogens (primary N) is 1. The van der Waals surface area contributed by atoms with Crippen LogP contribution in [0.1, 0.15) is 25.7 Å². The molecule has 1 rings (SSSR count). The summed E-state index contributed by atoms with van der Waals surface area (Å²) in [4.78, 5) is 10.8. The van der Waals surface area contributed by atoms with Gasteiger partial charge in [0.25, 0.3) is 0 Å². The number of nitrogens with one attached hydrogen (secondary N) is 2. The highest BCUT2D eigenvalue weighted by Crippen LogP contribution is 2.27. The van der Waals surface area contributed by atoms with Crippen LogP contribution in [0.15, 0.2) is 0 Å². The van der Waals surface area contributed by atoms with Crippen LogP contribution < -0.4 is 15.2 Å². The third kappa shape index (κ3) is 4.49. The second-order valence-electron chi connectivity index (χ2n) is 4.10. The minimum absolute atomic E-state index is 0.215. The molecule has 8 heteroatoms. The molecule has 0 saturated heterocycles. The van der Waals surface area contributed by atoms with Gasteiger partial charge in [-0.15, -0.1) is 0 Å². The Hall–Kier alpha value is -0.860. The van der Waals surface area contributed by atoms with Crippen LogP contribution in [0, 0.1) is 5.92 Å². The van der Waals surface area contributed by atoms with Crippen LogP contribution in [0.25, 0.3) is 0 Å². The molecule has 1 fully saturated rings. The maximum atomic E-state index is 11.5. The average Bonchev–Trinajstić information content (AvgIpc) is 2.78. The minimum atomic E-state index is -3.90. The van der Waals surface area contributed by atoms with Crippen LogP contribution in [0.5, 0.6) is 0 Å². The quantitative estimate of drug-likeness (QED) is 0.631. The molecule has 7 nitrogen and oxygen atoms in total. The van der Waals surface area contributed by atoms with Crippen molar-refractivity contribution in [1.82, 2.24) is 9.44 Å². The zero-order valence-corrected chi connectivity index (χ0v) is 10.6. The summed E-state index contributed by atoms with van der Waals surface area (Å²) in [6, 6.07) is -0.334. The zero-order valence-electron chi connectivity index (χ0n) is 9.81. The normalized spacial score (nSPS) is 18.9. The molecule has 0 aromatic carbocycles. The first-order valence-corrected chi connectivity index (χ1v) is 7.05. The van der Waals surface area contributed by atoms with E-state index in [1.165, 1.54) is 0 Å². The maximum Gasteiger partial charge on any atom is 0.421 e. The molecule has 1 unspecified atom stereocenters. The monoisotopic (exact) mass is 265 g/mol. The summed E-state index contributed by atoms with van der Waals surface area (Å²) in [6.07, 6.45) is 3.09. The molecule has 1 aliphatic rings. The van der Waals surface area contributed by atoms with Crippen LogP contribution >= 0.6 is 0 Å². The van der Waals surface area contributed by atoms with Crippen molar-refractivity contribution in [2.24, 2.45) is 11.7 Å². The van der Waals surface area contributed by atoms with E-state index >= 15 is 0 Å². The summed E-state index contributed by atoms with van der Waals surface area (Å²) in [5, 5.41) is 0. The topological polar surface area (TPSA) is 111 Å². The van der Waals surface area contributed by atoms with Crippen LogP contribution in [0.2, 0.25) is 0 Å². The molecular formula is C9H19N3O4S. The van der Waals surface area contributed by atoms with Gasteiger partial charge in [-0.3, -0.25) is 0 Å². The molecule has 0 aliphatic heterocycles. The lowest BCUT2D eigenvalue weighted by Gasteiger charge is -2.22. The van der Waals surface area contributed by atoms with Crippen molar-refractivity contribution in [2.45, 2.75) is 31.7 Å². The molecule has 1 aliphatic carbocycles. The second kappa shape index (κ2) is 6.18. The zero-order chi connectivity index (χ0) is 12.9. The van der Waals surface area contributed by atoms with Gasteiger partial charge >= 0.3 is 16.3 Å². The van der Waals surface area contributed by atoms with E-state index in [-0.39, 0.29) is 18.5 Å². The van der Waals surface area contributed by atoms with E-state index in [9.17, 15) is 13.2 Å². The van der Waals surface area contributed by atoms with Gasteiger partial charge in [-0.1, -0.05) is 12.8 Å². The number of rotatable bonds is 5. The third-order valence-corrected chi connectivity index (χ3v) is 3.98. The van der Waals surface area contributed by atoms with Gasteiger partial charge in [0, 0.05) is 12.6 Å². The van der Waals surface area contributed by atoms with E-state index in [1.54, 1.807) is 4.72 Å². The largest absolute Gasteiger partial charge is 0.452 e. The molecule has 1 amide bonds. The molecule has 17 heavy (non-hydrogen) atoms. The Labute approximate surface area is 101 Å². The summed E-state index contributed by atoms with van der Waals surface area (Å²) in [7, 11) is -2.80. The Bertz CT molecular complexity index is 351. The van der Waals surface area contributed by atoms with Crippen molar-refractivity contribution in [1.29, 1.82) is 0 Å². The Morgan fingerprint density at radius 3 is 2.53 bits per heavy atom. The first-order valence-electron chi connectivity index (χ1n) is 5.56. The van der Waals surface area contributed by atoms with Crippen LogP contribution in [-0.4, -0.2) is 34.2 Å². The molecule has 1 atom stereocenters. The van der Waals surface area contributed by atoms with Crippen molar-refractivity contribution in [2.75, 3.05) is 13.7 Å². The lowest BCUT2D eigenvalue weighted by atomic mass is 9.99. The first-order chi connectivity index (χ1) is 7.98. The Morgan fingerprint density at radius 1 is 1.47 bits per heavy atom. The number of amides is 1. The van der Waals surface area contributed by atoms with E-state index in [2.05, 4.69) is 9.46 Å². The first kappa shape index (κ1) is 14.2. The van der Waals surface area contributed by atoms with Gasteiger partial charge in [-0.2, -0.15) is 13.1 Å². The number of methoxy groups -OCH3 is 1. The predicted molar refractivity (Wildman–Crippen MR) is 62.4 cm³/mol. The molecule has 0 bridgehead atoms. The lowest BCUT2D eigenvalue weighted by molar-refractivity contribution is 0.177. The van der Waals surface area contributed by atoms with Gasteiger partial charge < -0.3 is 10.5 Å². The van der Waals surface area contributed by atoms with Crippen LogP contribution in [0.4, 0.5) is 4.79 Å². The molecule has 0 aromatic rings. The van der Waals surface area contributed by atoms with E-state index < -0.39 is 16.3 Å². The molecule has 100 valence electrons. The fraction of sp³-hybridized carbons (Fsp3) is 0.889. The van der Waals surface area contributed by atoms with E-state index in [0.29, 0.717) is 0 Å². The molecule has 1 saturated carbocycles. The highest BCUT2D eigenvalue weighted by molar-refractivity contribution is 7.88. The van der Waals surface area contributed by atoms with E-state index in [1.807, 2.05) is 0 Å². The number of hydrogen-bond acceptors (Lipinski definition) is 5. The van der Waals surface area contributed by atoms with E-state index in [0.717, 1.165) is 32.8 Å². The Balaban J connectivity index is 2.57. The van der Waals surface area contributed by atoms with Crippen molar-refractivity contribution in [3.8, 4) is 0 Å². The van der Waals surface area contributed by atoms with Crippen molar-refractivity contribution >= 4 is 16.3 Å². The summed E-state index contributed by atoms with van der Waals surface area (Å²) in [5.41, 5.74) is 5.55. The van der Waals surface area contributed by atoms with Gasteiger partial charge in [-0.25, -0.2) is 9.52 Å². The van der Waals surface area contributed by atoms with Crippen molar-refractivity contribution < 1.29 is 17.9 Å². The summed E-state index contributed by atoms with van der Waals surface area (Å²) < 4.78 is 31.4. The summed E-state index contributed by atoms with van der Waals surface area (Å²) in [6.45, 7) is 0.215. The van der Waals surface area contributed by atoms with Gasteiger partial charge in [0.2, 0.25) is 0 Å². The SMILES string of the molecule is COC(=O)NS(=O)(=O)NC(CN)C1CCCC1. The second-order valence-corrected chi connectivity index (χ2v) is 5.55. The third-order valence-electron chi connectivity index (χ3n) is 2.93. The van der Waals surface area contributed by atoms with Crippen LogP contribution in [-0.2, 0) is 14.9 Å². The summed E-state index contributed by atoms with van der Waals surface area (Å²) >= 11 is 0. The highest BCUT2D eigenvalue weighted by Gasteiger charge is 2.28. The number of carbonyl (C=O) groups is 1. The molecule has 4 N–H and O–H groups in total. The predicted octanol–water partition coefficient (Wildman–Crippen LogP) is -0.306.